The van der Waals surface area contributed by atoms with Gasteiger partial charge < -0.3 is 19.5 Å². The number of nitrogens with one attached hydrogen (secondary N) is 1. The van der Waals surface area contributed by atoms with Crippen LogP contribution >= 0.6 is 0 Å². The predicted molar refractivity (Wildman–Crippen MR) is 127 cm³/mol. The molecule has 3 aromatic rings. The third-order valence-electron chi connectivity index (χ3n) is 5.38. The molecule has 170 valence electrons. The average molecular weight is 455 g/mol. The molecule has 1 aliphatic heterocycles. The molecular formula is C26H21N3O5. The van der Waals surface area contributed by atoms with Crippen molar-refractivity contribution in [2.75, 3.05) is 31.5 Å². The smallest absolute Gasteiger partial charge is 0.282 e. The zero-order valence-corrected chi connectivity index (χ0v) is 18.8. The number of imide groups is 1. The minimum Gasteiger partial charge on any atom is -0.497 e. The van der Waals surface area contributed by atoms with Crippen molar-refractivity contribution in [1.29, 1.82) is 5.26 Å². The molecule has 3 aromatic carbocycles. The molecular weight excluding hydrogens is 434 g/mol. The van der Waals surface area contributed by atoms with E-state index in [0.717, 1.165) is 4.90 Å². The van der Waals surface area contributed by atoms with E-state index >= 15 is 0 Å². The van der Waals surface area contributed by atoms with Crippen LogP contribution in [0.15, 0.2) is 72.4 Å². The van der Waals surface area contributed by atoms with Gasteiger partial charge in [0.05, 0.1) is 49.9 Å². The second kappa shape index (κ2) is 9.38. The highest BCUT2D eigenvalue weighted by atomic mass is 16.5. The summed E-state index contributed by atoms with van der Waals surface area (Å²) in [4.78, 5) is 28.2. The van der Waals surface area contributed by atoms with Crippen LogP contribution in [0.5, 0.6) is 17.2 Å². The average Bonchev–Trinajstić information content (AvgIpc) is 3.12. The molecule has 0 aliphatic carbocycles. The van der Waals surface area contributed by atoms with Crippen LogP contribution < -0.4 is 24.4 Å². The van der Waals surface area contributed by atoms with Gasteiger partial charge in [-0.2, -0.15) is 5.26 Å². The molecule has 0 bridgehead atoms. The number of hydrogen-bond donors (Lipinski definition) is 1. The summed E-state index contributed by atoms with van der Waals surface area (Å²) in [6.07, 6.45) is 0. The summed E-state index contributed by atoms with van der Waals surface area (Å²) in [6.45, 7) is 0. The lowest BCUT2D eigenvalue weighted by atomic mass is 10.0. The third kappa shape index (κ3) is 4.02. The van der Waals surface area contributed by atoms with Crippen molar-refractivity contribution in [1.82, 2.24) is 0 Å². The van der Waals surface area contributed by atoms with Crippen LogP contribution in [0.2, 0.25) is 0 Å². The van der Waals surface area contributed by atoms with Crippen LogP contribution in [0.4, 0.5) is 11.4 Å². The molecule has 0 saturated carbocycles. The van der Waals surface area contributed by atoms with E-state index in [-0.39, 0.29) is 11.3 Å². The van der Waals surface area contributed by atoms with Crippen LogP contribution in [0.25, 0.3) is 5.57 Å². The Morgan fingerprint density at radius 1 is 0.794 bits per heavy atom. The van der Waals surface area contributed by atoms with E-state index in [2.05, 4.69) is 5.32 Å². The van der Waals surface area contributed by atoms with Gasteiger partial charge in [-0.15, -0.1) is 0 Å². The predicted octanol–water partition coefficient (Wildman–Crippen LogP) is 3.98. The van der Waals surface area contributed by atoms with E-state index < -0.39 is 11.8 Å². The second-order valence-electron chi connectivity index (χ2n) is 7.27. The summed E-state index contributed by atoms with van der Waals surface area (Å²) in [6, 6.07) is 20.2. The van der Waals surface area contributed by atoms with Gasteiger partial charge in [-0.25, -0.2) is 4.90 Å². The van der Waals surface area contributed by atoms with Gasteiger partial charge >= 0.3 is 0 Å². The SMILES string of the molecule is COc1ccc(C2=C(Nc3cc(OC)ccc3OC)C(=O)N(c3ccc(C#N)cc3)C2=O)cc1. The van der Waals surface area contributed by atoms with Gasteiger partial charge in [-0.1, -0.05) is 12.1 Å². The Bertz CT molecular complexity index is 1320. The molecule has 8 nitrogen and oxygen atoms in total. The molecule has 0 saturated heterocycles. The first-order valence-corrected chi connectivity index (χ1v) is 10.3. The van der Waals surface area contributed by atoms with Crippen LogP contribution in [-0.2, 0) is 9.59 Å². The summed E-state index contributed by atoms with van der Waals surface area (Å²) in [5.74, 6) is 0.610. The Labute approximate surface area is 196 Å². The molecule has 1 N–H and O–H groups in total. The van der Waals surface area contributed by atoms with Gasteiger partial charge in [0.1, 0.15) is 22.9 Å². The second-order valence-corrected chi connectivity index (χ2v) is 7.27. The monoisotopic (exact) mass is 455 g/mol. The summed E-state index contributed by atoms with van der Waals surface area (Å²) in [5, 5.41) is 12.2. The van der Waals surface area contributed by atoms with E-state index in [0.29, 0.717) is 39.8 Å². The molecule has 0 radical (unpaired) electrons. The number of benzene rings is 3. The zero-order chi connectivity index (χ0) is 24.2. The molecule has 0 aromatic heterocycles. The maximum atomic E-state index is 13.6. The van der Waals surface area contributed by atoms with Gasteiger partial charge in [0.2, 0.25) is 0 Å². The normalized spacial score (nSPS) is 13.1. The van der Waals surface area contributed by atoms with Crippen molar-refractivity contribution in [2.24, 2.45) is 0 Å². The molecule has 34 heavy (non-hydrogen) atoms. The van der Waals surface area contributed by atoms with Crippen molar-refractivity contribution < 1.29 is 23.8 Å². The fraction of sp³-hybridized carbons (Fsp3) is 0.115. The third-order valence-corrected chi connectivity index (χ3v) is 5.38. The van der Waals surface area contributed by atoms with Crippen molar-refractivity contribution >= 4 is 28.8 Å². The molecule has 0 atom stereocenters. The van der Waals surface area contributed by atoms with E-state index in [4.69, 9.17) is 19.5 Å². The molecule has 0 unspecified atom stereocenters. The van der Waals surface area contributed by atoms with Gasteiger partial charge in [0.15, 0.2) is 0 Å². The van der Waals surface area contributed by atoms with Gasteiger partial charge in [0, 0.05) is 6.07 Å². The number of hydrogen-bond acceptors (Lipinski definition) is 7. The standard InChI is InChI=1S/C26H21N3O5/c1-32-19-10-6-17(7-11-19)23-24(28-21-14-20(33-2)12-13-22(21)34-3)26(31)29(25(23)30)18-8-4-16(15-27)5-9-18/h4-14,28H,1-3H3. The Morgan fingerprint density at radius 2 is 1.44 bits per heavy atom. The number of carbonyl (C=O) groups excluding carboxylic acids is 2. The summed E-state index contributed by atoms with van der Waals surface area (Å²) in [7, 11) is 4.59. The first-order valence-electron chi connectivity index (χ1n) is 10.3. The maximum absolute atomic E-state index is 13.6. The lowest BCUT2D eigenvalue weighted by Crippen LogP contribution is -2.32. The summed E-state index contributed by atoms with van der Waals surface area (Å²) in [5.41, 5.74) is 2.07. The van der Waals surface area contributed by atoms with E-state index in [9.17, 15) is 9.59 Å². The Kier molecular flexibility index (Phi) is 6.19. The minimum atomic E-state index is -0.537. The van der Waals surface area contributed by atoms with Crippen LogP contribution in [0.3, 0.4) is 0 Å². The highest BCUT2D eigenvalue weighted by molar-refractivity contribution is 6.46. The summed E-state index contributed by atoms with van der Waals surface area (Å²) >= 11 is 0. The Hall–Kier alpha value is -4.77. The Balaban J connectivity index is 1.83. The minimum absolute atomic E-state index is 0.0890. The van der Waals surface area contributed by atoms with E-state index in [1.807, 2.05) is 6.07 Å². The molecule has 2 amide bonds. The van der Waals surface area contributed by atoms with Crippen LogP contribution in [0.1, 0.15) is 11.1 Å². The van der Waals surface area contributed by atoms with E-state index in [1.165, 1.54) is 14.2 Å². The first-order chi connectivity index (χ1) is 16.5. The van der Waals surface area contributed by atoms with Crippen molar-refractivity contribution in [3.05, 3.63) is 83.6 Å². The lowest BCUT2D eigenvalue weighted by Gasteiger charge is -2.16. The highest BCUT2D eigenvalue weighted by Crippen LogP contribution is 2.37. The highest BCUT2D eigenvalue weighted by Gasteiger charge is 2.40. The van der Waals surface area contributed by atoms with E-state index in [1.54, 1.807) is 73.8 Å². The van der Waals surface area contributed by atoms with Crippen molar-refractivity contribution in [3.8, 4) is 23.3 Å². The largest absolute Gasteiger partial charge is 0.497 e. The lowest BCUT2D eigenvalue weighted by molar-refractivity contribution is -0.120. The number of carbonyl (C=O) groups is 2. The van der Waals surface area contributed by atoms with Crippen LogP contribution in [-0.4, -0.2) is 33.1 Å². The number of nitriles is 1. The number of rotatable bonds is 7. The summed E-state index contributed by atoms with van der Waals surface area (Å²) < 4.78 is 15.9. The molecule has 8 heteroatoms. The Morgan fingerprint density at radius 3 is 2.03 bits per heavy atom. The number of nitrogens with zero attached hydrogens (tertiary/aromatic N) is 2. The van der Waals surface area contributed by atoms with Gasteiger partial charge in [-0.05, 0) is 54.1 Å². The quantitative estimate of drug-likeness (QED) is 0.538. The maximum Gasteiger partial charge on any atom is 0.282 e. The fourth-order valence-corrected chi connectivity index (χ4v) is 3.64. The topological polar surface area (TPSA) is 101 Å². The number of amides is 2. The molecule has 0 spiro atoms. The van der Waals surface area contributed by atoms with Crippen molar-refractivity contribution in [2.45, 2.75) is 0 Å². The van der Waals surface area contributed by atoms with Crippen LogP contribution in [0, 0.1) is 11.3 Å². The molecule has 4 rings (SSSR count). The zero-order valence-electron chi connectivity index (χ0n) is 18.8. The molecule has 1 aliphatic rings. The number of methoxy groups -OCH3 is 3. The van der Waals surface area contributed by atoms with Crippen molar-refractivity contribution in [3.63, 3.8) is 0 Å². The van der Waals surface area contributed by atoms with Gasteiger partial charge in [0.25, 0.3) is 11.8 Å². The number of anilines is 2. The number of ether oxygens (including phenoxy) is 3. The van der Waals surface area contributed by atoms with Gasteiger partial charge in [-0.3, -0.25) is 9.59 Å². The molecule has 1 heterocycles. The first kappa shape index (κ1) is 22.4. The molecule has 0 fully saturated rings. The fourth-order valence-electron chi connectivity index (χ4n) is 3.64.